The lowest BCUT2D eigenvalue weighted by Gasteiger charge is -2.26. The first-order chi connectivity index (χ1) is 15.3. The number of rotatable bonds is 9. The van der Waals surface area contributed by atoms with Crippen LogP contribution in [0.3, 0.4) is 0 Å². The van der Waals surface area contributed by atoms with E-state index in [1.807, 2.05) is 37.3 Å². The van der Waals surface area contributed by atoms with Crippen LogP contribution in [0.1, 0.15) is 24.9 Å². The molecule has 0 radical (unpaired) electrons. The number of hydrogen-bond donors (Lipinski definition) is 1. The Labute approximate surface area is 193 Å². The normalized spacial score (nSPS) is 12.1. The van der Waals surface area contributed by atoms with E-state index in [-0.39, 0.29) is 17.5 Å². The predicted molar refractivity (Wildman–Crippen MR) is 127 cm³/mol. The van der Waals surface area contributed by atoms with Crippen LogP contribution in [0.15, 0.2) is 83.8 Å². The quantitative estimate of drug-likeness (QED) is 0.484. The number of sulfonamides is 1. The number of anilines is 1. The molecule has 6 nitrogen and oxygen atoms in total. The molecule has 1 N–H and O–H groups in total. The minimum Gasteiger partial charge on any atom is -0.497 e. The summed E-state index contributed by atoms with van der Waals surface area (Å²) in [6.07, 6.45) is 0.669. The molecule has 0 spiro atoms. The van der Waals surface area contributed by atoms with Crippen molar-refractivity contribution in [1.29, 1.82) is 0 Å². The van der Waals surface area contributed by atoms with Crippen LogP contribution in [0.5, 0.6) is 5.75 Å². The van der Waals surface area contributed by atoms with Crippen molar-refractivity contribution in [3.05, 3.63) is 89.4 Å². The lowest BCUT2D eigenvalue weighted by Crippen LogP contribution is -2.42. The van der Waals surface area contributed by atoms with Crippen molar-refractivity contribution >= 4 is 33.2 Å². The molecule has 3 rings (SSSR count). The van der Waals surface area contributed by atoms with Gasteiger partial charge in [0.2, 0.25) is 5.91 Å². The topological polar surface area (TPSA) is 75.7 Å². The van der Waals surface area contributed by atoms with Gasteiger partial charge in [-0.2, -0.15) is 0 Å². The maximum atomic E-state index is 13.5. The first kappa shape index (κ1) is 23.6. The van der Waals surface area contributed by atoms with Gasteiger partial charge < -0.3 is 10.1 Å². The zero-order valence-corrected chi connectivity index (χ0v) is 19.4. The number of nitrogens with zero attached hydrogens (tertiary/aromatic N) is 1. The summed E-state index contributed by atoms with van der Waals surface area (Å²) in [5.41, 5.74) is 1.30. The first-order valence-electron chi connectivity index (χ1n) is 10.1. The van der Waals surface area contributed by atoms with E-state index in [2.05, 4.69) is 5.32 Å². The molecule has 168 valence electrons. The average Bonchev–Trinajstić information content (AvgIpc) is 2.82. The first-order valence-corrected chi connectivity index (χ1v) is 11.9. The Hall–Kier alpha value is -3.03. The summed E-state index contributed by atoms with van der Waals surface area (Å²) < 4.78 is 33.1. The Morgan fingerprint density at radius 2 is 1.62 bits per heavy atom. The number of carbonyl (C=O) groups is 1. The van der Waals surface area contributed by atoms with Gasteiger partial charge in [-0.25, -0.2) is 8.42 Å². The monoisotopic (exact) mass is 472 g/mol. The second-order valence-electron chi connectivity index (χ2n) is 7.10. The molecule has 0 aromatic heterocycles. The molecule has 0 aliphatic carbocycles. The molecule has 8 heteroatoms. The maximum absolute atomic E-state index is 13.5. The number of hydrogen-bond acceptors (Lipinski definition) is 4. The highest BCUT2D eigenvalue weighted by Gasteiger charge is 2.28. The summed E-state index contributed by atoms with van der Waals surface area (Å²) in [5, 5.41) is 3.41. The zero-order chi connectivity index (χ0) is 23.1. The number of carbonyl (C=O) groups excluding carboxylic acids is 1. The number of ether oxygens (including phenoxy) is 1. The molecule has 1 amide bonds. The van der Waals surface area contributed by atoms with Crippen LogP contribution in [0.2, 0.25) is 5.02 Å². The highest BCUT2D eigenvalue weighted by atomic mass is 35.5. The fourth-order valence-electron chi connectivity index (χ4n) is 3.27. The molecule has 0 bridgehead atoms. The van der Waals surface area contributed by atoms with Crippen LogP contribution in [-0.4, -0.2) is 28.0 Å². The van der Waals surface area contributed by atoms with Gasteiger partial charge in [0.25, 0.3) is 10.0 Å². The standard InChI is InChI=1S/C24H25ClN2O4S/c1-3-23(18-7-5-4-6-8-18)26-24(28)17-27(20-11-9-19(25)10-12-20)32(29,30)22-15-13-21(31-2)14-16-22/h4-16,23H,3,17H2,1-2H3,(H,26,28)/t23-/m0/s1. The molecular formula is C24H25ClN2O4S. The van der Waals surface area contributed by atoms with Crippen molar-refractivity contribution in [1.82, 2.24) is 5.32 Å². The van der Waals surface area contributed by atoms with Crippen LogP contribution in [-0.2, 0) is 14.8 Å². The zero-order valence-electron chi connectivity index (χ0n) is 17.9. The van der Waals surface area contributed by atoms with Crippen molar-refractivity contribution in [2.45, 2.75) is 24.3 Å². The smallest absolute Gasteiger partial charge is 0.264 e. The van der Waals surface area contributed by atoms with E-state index in [4.69, 9.17) is 16.3 Å². The molecular weight excluding hydrogens is 448 g/mol. The van der Waals surface area contributed by atoms with Crippen molar-refractivity contribution in [2.75, 3.05) is 18.0 Å². The third-order valence-electron chi connectivity index (χ3n) is 4.99. The van der Waals surface area contributed by atoms with Gasteiger partial charge in [-0.05, 0) is 60.5 Å². The Bertz CT molecular complexity index is 1130. The minimum absolute atomic E-state index is 0.0520. The van der Waals surface area contributed by atoms with Gasteiger partial charge in [0, 0.05) is 5.02 Å². The minimum atomic E-state index is -4.02. The van der Waals surface area contributed by atoms with Crippen molar-refractivity contribution in [3.63, 3.8) is 0 Å². The Kier molecular flexibility index (Phi) is 7.77. The fourth-order valence-corrected chi connectivity index (χ4v) is 4.82. The SMILES string of the molecule is CC[C@H](NC(=O)CN(c1ccc(Cl)cc1)S(=O)(=O)c1ccc(OC)cc1)c1ccccc1. The van der Waals surface area contributed by atoms with Gasteiger partial charge in [-0.15, -0.1) is 0 Å². The Balaban J connectivity index is 1.90. The third kappa shape index (κ3) is 5.60. The van der Waals surface area contributed by atoms with E-state index in [9.17, 15) is 13.2 Å². The highest BCUT2D eigenvalue weighted by Crippen LogP contribution is 2.26. The van der Waals surface area contributed by atoms with Crippen LogP contribution >= 0.6 is 11.6 Å². The van der Waals surface area contributed by atoms with Gasteiger partial charge in [0.05, 0.1) is 23.7 Å². The number of halogens is 1. The number of amides is 1. The molecule has 32 heavy (non-hydrogen) atoms. The molecule has 1 atom stereocenters. The fraction of sp³-hybridized carbons (Fsp3) is 0.208. The summed E-state index contributed by atoms with van der Waals surface area (Å²) in [7, 11) is -2.52. The Morgan fingerprint density at radius 3 is 2.19 bits per heavy atom. The summed E-state index contributed by atoms with van der Waals surface area (Å²) in [6.45, 7) is 1.59. The number of methoxy groups -OCH3 is 1. The number of benzene rings is 3. The van der Waals surface area contributed by atoms with Gasteiger partial charge in [0.15, 0.2) is 0 Å². The largest absolute Gasteiger partial charge is 0.497 e. The van der Waals surface area contributed by atoms with Crippen molar-refractivity contribution < 1.29 is 17.9 Å². The van der Waals surface area contributed by atoms with Crippen LogP contribution < -0.4 is 14.4 Å². The molecule has 3 aromatic carbocycles. The van der Waals surface area contributed by atoms with E-state index in [1.165, 1.54) is 19.2 Å². The highest BCUT2D eigenvalue weighted by molar-refractivity contribution is 7.92. The van der Waals surface area contributed by atoms with Crippen molar-refractivity contribution in [2.24, 2.45) is 0 Å². The molecule has 0 unspecified atom stereocenters. The second kappa shape index (κ2) is 10.5. The van der Waals surface area contributed by atoms with Crippen LogP contribution in [0.4, 0.5) is 5.69 Å². The third-order valence-corrected chi connectivity index (χ3v) is 7.03. The summed E-state index contributed by atoms with van der Waals surface area (Å²) in [6, 6.07) is 21.7. The summed E-state index contributed by atoms with van der Waals surface area (Å²) in [5.74, 6) is 0.126. The molecule has 0 fully saturated rings. The lowest BCUT2D eigenvalue weighted by molar-refractivity contribution is -0.120. The van der Waals surface area contributed by atoms with Gasteiger partial charge in [-0.3, -0.25) is 9.10 Å². The van der Waals surface area contributed by atoms with Crippen LogP contribution in [0, 0.1) is 0 Å². The van der Waals surface area contributed by atoms with E-state index in [1.54, 1.807) is 36.4 Å². The van der Waals surface area contributed by atoms with E-state index < -0.39 is 15.9 Å². The number of nitrogens with one attached hydrogen (secondary N) is 1. The van der Waals surface area contributed by atoms with E-state index in [0.717, 1.165) is 9.87 Å². The van der Waals surface area contributed by atoms with E-state index >= 15 is 0 Å². The maximum Gasteiger partial charge on any atom is 0.264 e. The lowest BCUT2D eigenvalue weighted by atomic mass is 10.0. The molecule has 0 aliphatic rings. The molecule has 3 aromatic rings. The van der Waals surface area contributed by atoms with Crippen molar-refractivity contribution in [3.8, 4) is 5.75 Å². The van der Waals surface area contributed by atoms with Gasteiger partial charge >= 0.3 is 0 Å². The van der Waals surface area contributed by atoms with E-state index in [0.29, 0.717) is 22.9 Å². The molecule has 0 saturated heterocycles. The van der Waals surface area contributed by atoms with Gasteiger partial charge in [0.1, 0.15) is 12.3 Å². The average molecular weight is 473 g/mol. The molecule has 0 aliphatic heterocycles. The Morgan fingerprint density at radius 1 is 1.00 bits per heavy atom. The molecule has 0 heterocycles. The van der Waals surface area contributed by atoms with Crippen LogP contribution in [0.25, 0.3) is 0 Å². The molecule has 0 saturated carbocycles. The second-order valence-corrected chi connectivity index (χ2v) is 9.40. The predicted octanol–water partition coefficient (Wildman–Crippen LogP) is 4.81. The summed E-state index contributed by atoms with van der Waals surface area (Å²) in [4.78, 5) is 13.0. The summed E-state index contributed by atoms with van der Waals surface area (Å²) >= 11 is 5.98. The van der Waals surface area contributed by atoms with Gasteiger partial charge in [-0.1, -0.05) is 48.9 Å².